The number of nitrogens with zero attached hydrogens (tertiary/aromatic N) is 2. The van der Waals surface area contributed by atoms with Crippen LogP contribution in [0.2, 0.25) is 0 Å². The normalized spacial score (nSPS) is 17.1. The van der Waals surface area contributed by atoms with E-state index in [0.717, 1.165) is 43.0 Å². The fraction of sp³-hybridized carbons (Fsp3) is 0.269. The van der Waals surface area contributed by atoms with Crippen LogP contribution < -0.4 is 15.5 Å². The van der Waals surface area contributed by atoms with Crippen LogP contribution in [0.4, 0.5) is 15.9 Å². The summed E-state index contributed by atoms with van der Waals surface area (Å²) < 4.78 is 13.8. The number of halogens is 1. The summed E-state index contributed by atoms with van der Waals surface area (Å²) in [6, 6.07) is 10.2. The van der Waals surface area contributed by atoms with Crippen LogP contribution in [-0.2, 0) is 4.79 Å². The highest BCUT2D eigenvalue weighted by Crippen LogP contribution is 2.34. The monoisotopic (exact) mass is 459 g/mol. The molecule has 1 aromatic carbocycles. The van der Waals surface area contributed by atoms with Crippen LogP contribution in [-0.4, -0.2) is 40.9 Å². The van der Waals surface area contributed by atoms with Gasteiger partial charge in [-0.15, -0.1) is 0 Å². The van der Waals surface area contributed by atoms with Crippen LogP contribution in [0.15, 0.2) is 42.6 Å². The zero-order valence-electron chi connectivity index (χ0n) is 19.1. The number of piperidine rings is 1. The third kappa shape index (κ3) is 4.07. The third-order valence-electron chi connectivity index (χ3n) is 6.56. The van der Waals surface area contributed by atoms with Gasteiger partial charge < -0.3 is 20.5 Å². The van der Waals surface area contributed by atoms with Gasteiger partial charge in [-0.05, 0) is 68.7 Å². The Hall–Kier alpha value is -3.94. The predicted octanol–water partition coefficient (Wildman–Crippen LogP) is 4.06. The molecular formula is C26H26FN5O2. The molecule has 2 aromatic heterocycles. The number of nitrogens with one attached hydrogen (secondary N) is 3. The Morgan fingerprint density at radius 1 is 1.21 bits per heavy atom. The van der Waals surface area contributed by atoms with E-state index in [1.807, 2.05) is 32.0 Å². The molecule has 7 nitrogen and oxygen atoms in total. The average Bonchev–Trinajstić information content (AvgIpc) is 3.29. The fourth-order valence-electron chi connectivity index (χ4n) is 4.76. The predicted molar refractivity (Wildman–Crippen MR) is 130 cm³/mol. The Labute approximate surface area is 197 Å². The zero-order valence-corrected chi connectivity index (χ0v) is 19.1. The van der Waals surface area contributed by atoms with Crippen molar-refractivity contribution in [3.05, 3.63) is 76.5 Å². The second-order valence-electron chi connectivity index (χ2n) is 8.79. The maximum absolute atomic E-state index is 13.8. The number of amides is 2. The summed E-state index contributed by atoms with van der Waals surface area (Å²) in [7, 11) is 0. The molecule has 0 bridgehead atoms. The number of hydrogen-bond donors (Lipinski definition) is 3. The Morgan fingerprint density at radius 3 is 2.74 bits per heavy atom. The van der Waals surface area contributed by atoms with Gasteiger partial charge in [0.2, 0.25) is 0 Å². The largest absolute Gasteiger partial charge is 0.358 e. The van der Waals surface area contributed by atoms with Crippen LogP contribution in [0.3, 0.4) is 0 Å². The molecule has 34 heavy (non-hydrogen) atoms. The summed E-state index contributed by atoms with van der Waals surface area (Å²) in [6.07, 6.45) is 5.15. The number of carbonyl (C=O) groups excluding carboxylic acids is 2. The van der Waals surface area contributed by atoms with Gasteiger partial charge in [0.05, 0.1) is 11.1 Å². The first-order chi connectivity index (χ1) is 16.4. The van der Waals surface area contributed by atoms with Crippen molar-refractivity contribution in [1.29, 1.82) is 0 Å². The molecule has 0 atom stereocenters. The van der Waals surface area contributed by atoms with Crippen LogP contribution in [0.25, 0.3) is 11.6 Å². The lowest BCUT2D eigenvalue weighted by Gasteiger charge is -2.33. The SMILES string of the molecule is Cc1[nH]c(/C=C2\C(=O)Nc3ccc(F)cc32)c(C)c1C(=O)NC1CCN(c2ccccn2)CC1. The van der Waals surface area contributed by atoms with Gasteiger partial charge in [-0.1, -0.05) is 6.07 Å². The first-order valence-electron chi connectivity index (χ1n) is 11.4. The minimum Gasteiger partial charge on any atom is -0.358 e. The zero-order chi connectivity index (χ0) is 23.8. The Kier molecular flexibility index (Phi) is 5.65. The first-order valence-corrected chi connectivity index (χ1v) is 11.4. The van der Waals surface area contributed by atoms with Gasteiger partial charge in [-0.25, -0.2) is 9.37 Å². The summed E-state index contributed by atoms with van der Waals surface area (Å²) in [5.74, 6) is 0.127. The lowest BCUT2D eigenvalue weighted by atomic mass is 10.0. The maximum Gasteiger partial charge on any atom is 0.256 e. The minimum atomic E-state index is -0.408. The molecule has 8 heteroatoms. The summed E-state index contributed by atoms with van der Waals surface area (Å²) >= 11 is 0. The number of carbonyl (C=O) groups is 2. The topological polar surface area (TPSA) is 90.1 Å². The van der Waals surface area contributed by atoms with E-state index in [9.17, 15) is 14.0 Å². The number of aromatic amines is 1. The van der Waals surface area contributed by atoms with Crippen LogP contribution >= 0.6 is 0 Å². The first kappa shape index (κ1) is 21.9. The maximum atomic E-state index is 13.8. The highest BCUT2D eigenvalue weighted by atomic mass is 19.1. The summed E-state index contributed by atoms with van der Waals surface area (Å²) in [6.45, 7) is 5.36. The number of pyridine rings is 1. The van der Waals surface area contributed by atoms with E-state index in [4.69, 9.17) is 0 Å². The molecule has 2 aliphatic rings. The van der Waals surface area contributed by atoms with Crippen LogP contribution in [0, 0.1) is 19.7 Å². The highest BCUT2D eigenvalue weighted by Gasteiger charge is 2.27. The van der Waals surface area contributed by atoms with E-state index in [-0.39, 0.29) is 17.9 Å². The van der Waals surface area contributed by atoms with Gasteiger partial charge in [0, 0.05) is 48.0 Å². The number of anilines is 2. The van der Waals surface area contributed by atoms with E-state index in [1.54, 1.807) is 18.3 Å². The number of benzene rings is 1. The number of fused-ring (bicyclic) bond motifs is 1. The van der Waals surface area contributed by atoms with Crippen molar-refractivity contribution in [2.75, 3.05) is 23.3 Å². The molecule has 3 N–H and O–H groups in total. The van der Waals surface area contributed by atoms with Gasteiger partial charge in [0.25, 0.3) is 11.8 Å². The van der Waals surface area contributed by atoms with Gasteiger partial charge in [0.15, 0.2) is 0 Å². The number of aryl methyl sites for hydroxylation is 1. The van der Waals surface area contributed by atoms with Crippen molar-refractivity contribution in [2.45, 2.75) is 32.7 Å². The van der Waals surface area contributed by atoms with Gasteiger partial charge in [-0.3, -0.25) is 9.59 Å². The number of H-pyrrole nitrogens is 1. The third-order valence-corrected chi connectivity index (χ3v) is 6.56. The summed E-state index contributed by atoms with van der Waals surface area (Å²) in [5, 5.41) is 5.92. The van der Waals surface area contributed by atoms with Crippen molar-refractivity contribution < 1.29 is 14.0 Å². The lowest BCUT2D eigenvalue weighted by molar-refractivity contribution is -0.110. The van der Waals surface area contributed by atoms with Crippen molar-refractivity contribution in [1.82, 2.24) is 15.3 Å². The summed E-state index contributed by atoms with van der Waals surface area (Å²) in [4.78, 5) is 35.5. The van der Waals surface area contributed by atoms with Crippen molar-refractivity contribution in [2.24, 2.45) is 0 Å². The van der Waals surface area contributed by atoms with Gasteiger partial charge in [-0.2, -0.15) is 0 Å². The van der Waals surface area contributed by atoms with Crippen LogP contribution in [0.5, 0.6) is 0 Å². The smallest absolute Gasteiger partial charge is 0.256 e. The van der Waals surface area contributed by atoms with Crippen molar-refractivity contribution in [3.8, 4) is 0 Å². The van der Waals surface area contributed by atoms with Crippen molar-refractivity contribution >= 4 is 35.0 Å². The minimum absolute atomic E-state index is 0.0819. The molecule has 3 aromatic rings. The molecule has 2 aliphatic heterocycles. The molecule has 0 radical (unpaired) electrons. The molecule has 174 valence electrons. The standard InChI is InChI=1S/C26H26FN5O2/c1-15-22(14-20-19-13-17(27)6-7-21(19)31-25(20)33)29-16(2)24(15)26(34)30-18-8-11-32(12-9-18)23-5-3-4-10-28-23/h3-7,10,13-14,18,29H,8-9,11-12H2,1-2H3,(H,30,34)(H,31,33)/b20-14-. The van der Waals surface area contributed by atoms with E-state index >= 15 is 0 Å². The summed E-state index contributed by atoms with van der Waals surface area (Å²) in [5.41, 5.74) is 4.19. The second kappa shape index (κ2) is 8.78. The molecular weight excluding hydrogens is 433 g/mol. The molecule has 2 amide bonds. The molecule has 0 spiro atoms. The average molecular weight is 460 g/mol. The molecule has 0 saturated carbocycles. The molecule has 1 fully saturated rings. The molecule has 1 saturated heterocycles. The van der Waals surface area contributed by atoms with E-state index in [0.29, 0.717) is 28.1 Å². The van der Waals surface area contributed by atoms with E-state index in [1.165, 1.54) is 12.1 Å². The lowest BCUT2D eigenvalue weighted by Crippen LogP contribution is -2.45. The van der Waals surface area contributed by atoms with E-state index < -0.39 is 5.82 Å². The van der Waals surface area contributed by atoms with Gasteiger partial charge >= 0.3 is 0 Å². The Bertz CT molecular complexity index is 1290. The van der Waals surface area contributed by atoms with Crippen molar-refractivity contribution in [3.63, 3.8) is 0 Å². The molecule has 0 unspecified atom stereocenters. The Balaban J connectivity index is 1.31. The number of aromatic nitrogens is 2. The quantitative estimate of drug-likeness (QED) is 0.514. The molecule has 0 aliphatic carbocycles. The highest BCUT2D eigenvalue weighted by molar-refractivity contribution is 6.34. The van der Waals surface area contributed by atoms with Crippen LogP contribution in [0.1, 0.15) is 45.7 Å². The molecule has 4 heterocycles. The fourth-order valence-corrected chi connectivity index (χ4v) is 4.76. The van der Waals surface area contributed by atoms with Gasteiger partial charge in [0.1, 0.15) is 11.6 Å². The molecule has 5 rings (SSSR count). The second-order valence-corrected chi connectivity index (χ2v) is 8.79. The number of rotatable bonds is 4. The van der Waals surface area contributed by atoms with E-state index in [2.05, 4.69) is 25.5 Å². The Morgan fingerprint density at radius 2 is 2.00 bits per heavy atom. The number of hydrogen-bond acceptors (Lipinski definition) is 4.